The Morgan fingerprint density at radius 3 is 2.88 bits per heavy atom. The molecule has 0 aliphatic carbocycles. The van der Waals surface area contributed by atoms with Crippen molar-refractivity contribution in [2.45, 2.75) is 29.1 Å². The first kappa shape index (κ1) is 18.4. The minimum Gasteiger partial charge on any atom is -0.319 e. The molecule has 1 amide bonds. The van der Waals surface area contributed by atoms with E-state index in [-0.39, 0.29) is 5.91 Å². The fourth-order valence-electron chi connectivity index (χ4n) is 2.26. The number of amides is 1. The lowest BCUT2D eigenvalue weighted by molar-refractivity contribution is 0.102. The van der Waals surface area contributed by atoms with E-state index in [2.05, 4.69) is 19.8 Å². The number of carbonyl (C=O) groups excluding carboxylic acids is 1. The van der Waals surface area contributed by atoms with E-state index in [1.54, 1.807) is 17.5 Å². The van der Waals surface area contributed by atoms with E-state index in [1.807, 2.05) is 35.8 Å². The van der Waals surface area contributed by atoms with E-state index in [1.165, 1.54) is 39.9 Å². The summed E-state index contributed by atoms with van der Waals surface area (Å²) in [4.78, 5) is 18.1. The highest BCUT2D eigenvalue weighted by atomic mass is 32.2. The molecule has 0 bridgehead atoms. The monoisotopic (exact) mass is 411 g/mol. The molecule has 1 N–H and O–H groups in total. The molecule has 0 aliphatic rings. The van der Waals surface area contributed by atoms with E-state index < -0.39 is 0 Å². The molecule has 0 spiro atoms. The number of hydrogen-bond donors (Lipinski definition) is 1. The average molecular weight is 412 g/mol. The third-order valence-electron chi connectivity index (χ3n) is 3.54. The summed E-state index contributed by atoms with van der Waals surface area (Å²) in [6.07, 6.45) is 8.29. The zero-order valence-electron chi connectivity index (χ0n) is 14.0. The van der Waals surface area contributed by atoms with E-state index in [0.29, 0.717) is 11.3 Å². The zero-order chi connectivity index (χ0) is 17.8. The summed E-state index contributed by atoms with van der Waals surface area (Å²) in [6, 6.07) is 0. The number of thiazole rings is 1. The van der Waals surface area contributed by atoms with Crippen LogP contribution in [0.5, 0.6) is 0 Å². The van der Waals surface area contributed by atoms with Gasteiger partial charge in [0.2, 0.25) is 0 Å². The number of aromatic nitrogens is 4. The molecule has 3 aromatic rings. The van der Waals surface area contributed by atoms with Gasteiger partial charge in [0.25, 0.3) is 5.91 Å². The topological polar surface area (TPSA) is 72.7 Å². The van der Waals surface area contributed by atoms with Gasteiger partial charge in [0.15, 0.2) is 0 Å². The van der Waals surface area contributed by atoms with Crippen LogP contribution in [0.1, 0.15) is 20.9 Å². The van der Waals surface area contributed by atoms with Crippen LogP contribution in [0.3, 0.4) is 0 Å². The first-order valence-electron chi connectivity index (χ1n) is 7.42. The second kappa shape index (κ2) is 8.35. The Labute approximate surface area is 162 Å². The lowest BCUT2D eigenvalue weighted by atomic mass is 10.3. The summed E-state index contributed by atoms with van der Waals surface area (Å²) in [6.45, 7) is 2.77. The van der Waals surface area contributed by atoms with Gasteiger partial charge in [0.05, 0.1) is 32.9 Å². The number of thioether (sulfide) groups is 2. The summed E-state index contributed by atoms with van der Waals surface area (Å²) < 4.78 is 7.10. The van der Waals surface area contributed by atoms with Crippen molar-refractivity contribution in [3.63, 3.8) is 0 Å². The fourth-order valence-corrected chi connectivity index (χ4v) is 5.31. The van der Waals surface area contributed by atoms with Crippen LogP contribution in [0.4, 0.5) is 5.69 Å². The second-order valence-electron chi connectivity index (χ2n) is 5.12. The Kier molecular flexibility index (Phi) is 6.15. The third-order valence-corrected chi connectivity index (χ3v) is 7.27. The molecule has 25 heavy (non-hydrogen) atoms. The summed E-state index contributed by atoms with van der Waals surface area (Å²) in [5.74, 6) is -0.139. The van der Waals surface area contributed by atoms with Gasteiger partial charge in [-0.15, -0.1) is 34.9 Å². The maximum atomic E-state index is 12.6. The van der Waals surface area contributed by atoms with Crippen LogP contribution in [-0.4, -0.2) is 37.6 Å². The van der Waals surface area contributed by atoms with Crippen LogP contribution in [0.25, 0.3) is 0 Å². The van der Waals surface area contributed by atoms with Gasteiger partial charge >= 0.3 is 0 Å². The van der Waals surface area contributed by atoms with Crippen LogP contribution in [0, 0.1) is 6.92 Å². The molecular weight excluding hydrogens is 394 g/mol. The number of nitrogens with one attached hydrogen (secondary N) is 1. The van der Waals surface area contributed by atoms with Gasteiger partial charge in [-0.1, -0.05) is 0 Å². The van der Waals surface area contributed by atoms with E-state index in [0.717, 1.165) is 27.9 Å². The second-order valence-corrected chi connectivity index (χ2v) is 8.70. The van der Waals surface area contributed by atoms with Crippen LogP contribution < -0.4 is 5.32 Å². The van der Waals surface area contributed by atoms with Crippen molar-refractivity contribution in [2.24, 2.45) is 0 Å². The minimum atomic E-state index is -0.139. The Morgan fingerprint density at radius 2 is 2.20 bits per heavy atom. The first-order valence-corrected chi connectivity index (χ1v) is 11.5. The van der Waals surface area contributed by atoms with Crippen LogP contribution >= 0.6 is 46.4 Å². The maximum Gasteiger partial charge on any atom is 0.260 e. The molecule has 0 atom stereocenters. The van der Waals surface area contributed by atoms with Crippen molar-refractivity contribution in [1.29, 1.82) is 0 Å². The van der Waals surface area contributed by atoms with Crippen molar-refractivity contribution in [1.82, 2.24) is 19.1 Å². The number of nitrogens with zero attached hydrogens (tertiary/aromatic N) is 4. The molecule has 3 aromatic heterocycles. The summed E-state index contributed by atoms with van der Waals surface area (Å²) in [5.41, 5.74) is 4.28. The molecule has 132 valence electrons. The fraction of sp³-hybridized carbons (Fsp3) is 0.333. The third kappa shape index (κ3) is 4.25. The van der Waals surface area contributed by atoms with E-state index in [4.69, 9.17) is 0 Å². The minimum absolute atomic E-state index is 0.139. The highest BCUT2D eigenvalue weighted by Crippen LogP contribution is 2.33. The number of hydrogen-bond acceptors (Lipinski definition) is 8. The summed E-state index contributed by atoms with van der Waals surface area (Å²) in [5, 5.41) is 8.02. The van der Waals surface area contributed by atoms with Crippen molar-refractivity contribution in [2.75, 3.05) is 17.8 Å². The van der Waals surface area contributed by atoms with E-state index >= 15 is 0 Å². The molecule has 0 aliphatic heterocycles. The molecule has 0 saturated carbocycles. The lowest BCUT2D eigenvalue weighted by Gasteiger charge is -2.04. The van der Waals surface area contributed by atoms with Crippen LogP contribution in [-0.2, 0) is 13.0 Å². The van der Waals surface area contributed by atoms with Crippen LogP contribution in [0.2, 0.25) is 0 Å². The van der Waals surface area contributed by atoms with Gasteiger partial charge in [0.1, 0.15) is 5.03 Å². The summed E-state index contributed by atoms with van der Waals surface area (Å²) in [7, 11) is 0. The van der Waals surface area contributed by atoms with Gasteiger partial charge in [0, 0.05) is 24.0 Å². The zero-order valence-corrected chi connectivity index (χ0v) is 17.2. The highest BCUT2D eigenvalue weighted by molar-refractivity contribution is 8.01. The number of carbonyl (C=O) groups is 1. The molecule has 10 heteroatoms. The summed E-state index contributed by atoms with van der Waals surface area (Å²) >= 11 is 6.04. The number of rotatable bonds is 7. The largest absolute Gasteiger partial charge is 0.319 e. The Balaban J connectivity index is 1.66. The lowest BCUT2D eigenvalue weighted by Crippen LogP contribution is -2.12. The van der Waals surface area contributed by atoms with Crippen molar-refractivity contribution in [3.05, 3.63) is 34.0 Å². The highest BCUT2D eigenvalue weighted by Gasteiger charge is 2.20. The number of aryl methyl sites for hydroxylation is 3. The van der Waals surface area contributed by atoms with Crippen molar-refractivity contribution >= 4 is 58.0 Å². The predicted octanol–water partition coefficient (Wildman–Crippen LogP) is 4.04. The SMILES string of the molecule is CSc1nsc(SC)c1C(=O)Nc1cnn(CCc2scnc2C)c1. The molecule has 3 heterocycles. The average Bonchev–Trinajstić information content (AvgIpc) is 3.32. The quantitative estimate of drug-likeness (QED) is 0.592. The predicted molar refractivity (Wildman–Crippen MR) is 106 cm³/mol. The molecular formula is C15H17N5OS4. The van der Waals surface area contributed by atoms with Gasteiger partial charge in [-0.25, -0.2) is 4.98 Å². The Bertz CT molecular complexity index is 848. The molecule has 0 unspecified atom stereocenters. The molecule has 3 rings (SSSR count). The van der Waals surface area contributed by atoms with Gasteiger partial charge in [-0.05, 0) is 31.0 Å². The van der Waals surface area contributed by atoms with Crippen molar-refractivity contribution in [3.8, 4) is 0 Å². The normalized spacial score (nSPS) is 11.0. The maximum absolute atomic E-state index is 12.6. The molecule has 0 saturated heterocycles. The molecule has 0 radical (unpaired) electrons. The number of anilines is 1. The Morgan fingerprint density at radius 1 is 1.36 bits per heavy atom. The van der Waals surface area contributed by atoms with Crippen molar-refractivity contribution < 1.29 is 4.79 Å². The van der Waals surface area contributed by atoms with Gasteiger partial charge in [-0.3, -0.25) is 9.48 Å². The molecule has 6 nitrogen and oxygen atoms in total. The first-order chi connectivity index (χ1) is 12.1. The van der Waals surface area contributed by atoms with Crippen LogP contribution in [0.15, 0.2) is 27.1 Å². The van der Waals surface area contributed by atoms with E-state index in [9.17, 15) is 4.79 Å². The smallest absolute Gasteiger partial charge is 0.260 e. The van der Waals surface area contributed by atoms with Gasteiger partial charge in [-0.2, -0.15) is 9.47 Å². The molecule has 0 fully saturated rings. The van der Waals surface area contributed by atoms with Gasteiger partial charge < -0.3 is 5.32 Å². The molecule has 0 aromatic carbocycles. The standard InChI is InChI=1S/C15H17N5OS4/c1-9-11(24-8-16-9)4-5-20-7-10(6-17-20)18-13(21)12-14(22-2)19-25-15(12)23-3/h6-8H,4-5H2,1-3H3,(H,18,21). The Hall–Kier alpha value is -1.36.